The molecule has 0 saturated carbocycles. The predicted molar refractivity (Wildman–Crippen MR) is 101 cm³/mol. The van der Waals surface area contributed by atoms with Crippen LogP contribution in [0.4, 0.5) is 5.69 Å². The van der Waals surface area contributed by atoms with Crippen molar-refractivity contribution >= 4 is 11.6 Å². The average Bonchev–Trinajstić information content (AvgIpc) is 2.82. The number of hydrogen-bond donors (Lipinski definition) is 2. The largest absolute Gasteiger partial charge is 0.493 e. The summed E-state index contributed by atoms with van der Waals surface area (Å²) >= 11 is 0. The Kier molecular flexibility index (Phi) is 6.63. The number of ether oxygens (including phenoxy) is 2. The van der Waals surface area contributed by atoms with Crippen LogP contribution in [0.1, 0.15) is 23.9 Å². The molecule has 0 radical (unpaired) electrons. The van der Waals surface area contributed by atoms with Crippen molar-refractivity contribution in [2.75, 3.05) is 32.6 Å². The Morgan fingerprint density at radius 1 is 1.31 bits per heavy atom. The molecular formula is C19H29N4O3+. The SMILES string of the molecule is CCOc1ccc(C[NH+](C)CC(=O)Nc2c(C)nn(C)c2C)cc1OC. The van der Waals surface area contributed by atoms with Gasteiger partial charge in [0.1, 0.15) is 6.54 Å². The fourth-order valence-corrected chi connectivity index (χ4v) is 2.92. The molecule has 7 nitrogen and oxygen atoms in total. The summed E-state index contributed by atoms with van der Waals surface area (Å²) in [5.41, 5.74) is 3.66. The molecule has 7 heteroatoms. The van der Waals surface area contributed by atoms with Crippen LogP contribution in [-0.2, 0) is 18.4 Å². The third-order valence-corrected chi connectivity index (χ3v) is 4.27. The average molecular weight is 361 g/mol. The molecule has 2 aromatic rings. The van der Waals surface area contributed by atoms with Crippen molar-refractivity contribution in [3.05, 3.63) is 35.2 Å². The fourth-order valence-electron chi connectivity index (χ4n) is 2.92. The van der Waals surface area contributed by atoms with Gasteiger partial charge >= 0.3 is 0 Å². The van der Waals surface area contributed by atoms with Crippen molar-refractivity contribution in [2.45, 2.75) is 27.3 Å². The van der Waals surface area contributed by atoms with Crippen LogP contribution in [0.2, 0.25) is 0 Å². The van der Waals surface area contributed by atoms with Gasteiger partial charge < -0.3 is 19.7 Å². The molecule has 1 heterocycles. The number of likely N-dealkylation sites (N-methyl/N-ethyl adjacent to an activating group) is 1. The second kappa shape index (κ2) is 8.71. The summed E-state index contributed by atoms with van der Waals surface area (Å²) in [6, 6.07) is 5.87. The number of nitrogens with one attached hydrogen (secondary N) is 2. The maximum atomic E-state index is 12.4. The Bertz CT molecular complexity index is 770. The van der Waals surface area contributed by atoms with Crippen molar-refractivity contribution in [3.63, 3.8) is 0 Å². The van der Waals surface area contributed by atoms with Gasteiger partial charge in [0, 0.05) is 12.6 Å². The van der Waals surface area contributed by atoms with E-state index in [-0.39, 0.29) is 5.91 Å². The van der Waals surface area contributed by atoms with E-state index in [1.165, 1.54) is 0 Å². The molecule has 0 bridgehead atoms. The lowest BCUT2D eigenvalue weighted by Gasteiger charge is -2.16. The van der Waals surface area contributed by atoms with Gasteiger partial charge in [0.2, 0.25) is 0 Å². The van der Waals surface area contributed by atoms with Crippen LogP contribution in [0, 0.1) is 13.8 Å². The highest BCUT2D eigenvalue weighted by Gasteiger charge is 2.16. The number of carbonyl (C=O) groups is 1. The number of methoxy groups -OCH3 is 1. The standard InChI is InChI=1S/C19H28N4O3/c1-7-26-16-9-8-15(10-17(16)25-6)11-22(4)12-18(24)20-19-13(2)21-23(5)14(19)3/h8-10H,7,11-12H2,1-6H3,(H,20,24)/p+1. The van der Waals surface area contributed by atoms with Crippen LogP contribution < -0.4 is 19.7 Å². The van der Waals surface area contributed by atoms with Gasteiger partial charge in [-0.2, -0.15) is 5.10 Å². The number of rotatable bonds is 8. The number of amides is 1. The van der Waals surface area contributed by atoms with Gasteiger partial charge in [0.05, 0.1) is 37.8 Å². The van der Waals surface area contributed by atoms with Gasteiger partial charge in [0.25, 0.3) is 5.91 Å². The molecule has 1 amide bonds. The molecule has 0 spiro atoms. The van der Waals surface area contributed by atoms with E-state index in [0.717, 1.165) is 33.3 Å². The van der Waals surface area contributed by atoms with Crippen molar-refractivity contribution in [3.8, 4) is 11.5 Å². The summed E-state index contributed by atoms with van der Waals surface area (Å²) in [6.45, 7) is 7.44. The molecule has 26 heavy (non-hydrogen) atoms. The van der Waals surface area contributed by atoms with Crippen LogP contribution in [0.15, 0.2) is 18.2 Å². The Morgan fingerprint density at radius 2 is 2.04 bits per heavy atom. The van der Waals surface area contributed by atoms with E-state index < -0.39 is 0 Å². The maximum Gasteiger partial charge on any atom is 0.279 e. The molecular weight excluding hydrogens is 332 g/mol. The van der Waals surface area contributed by atoms with Crippen molar-refractivity contribution in [1.29, 1.82) is 0 Å². The zero-order valence-electron chi connectivity index (χ0n) is 16.5. The minimum Gasteiger partial charge on any atom is -0.493 e. The Morgan fingerprint density at radius 3 is 2.62 bits per heavy atom. The predicted octanol–water partition coefficient (Wildman–Crippen LogP) is 1.10. The third kappa shape index (κ3) is 4.76. The third-order valence-electron chi connectivity index (χ3n) is 4.27. The molecule has 1 atom stereocenters. The number of aryl methyl sites for hydroxylation is 2. The molecule has 142 valence electrons. The van der Waals surface area contributed by atoms with Gasteiger partial charge in [-0.05, 0) is 39.0 Å². The molecule has 0 fully saturated rings. The van der Waals surface area contributed by atoms with Gasteiger partial charge in [0.15, 0.2) is 18.0 Å². The summed E-state index contributed by atoms with van der Waals surface area (Å²) in [5.74, 6) is 1.42. The second-order valence-electron chi connectivity index (χ2n) is 6.45. The van der Waals surface area contributed by atoms with Crippen LogP contribution in [-0.4, -0.2) is 43.0 Å². The Hall–Kier alpha value is -2.54. The highest BCUT2D eigenvalue weighted by Crippen LogP contribution is 2.27. The summed E-state index contributed by atoms with van der Waals surface area (Å²) < 4.78 is 12.7. The molecule has 1 unspecified atom stereocenters. The van der Waals surface area contributed by atoms with E-state index in [1.54, 1.807) is 11.8 Å². The topological polar surface area (TPSA) is 69.8 Å². The molecule has 0 saturated heterocycles. The van der Waals surface area contributed by atoms with Crippen molar-refractivity contribution < 1.29 is 19.2 Å². The van der Waals surface area contributed by atoms with E-state index in [2.05, 4.69) is 10.4 Å². The number of benzene rings is 1. The lowest BCUT2D eigenvalue weighted by atomic mass is 10.2. The van der Waals surface area contributed by atoms with Crippen LogP contribution in [0.3, 0.4) is 0 Å². The first-order chi connectivity index (χ1) is 12.3. The summed E-state index contributed by atoms with van der Waals surface area (Å²) in [4.78, 5) is 13.5. The van der Waals surface area contributed by atoms with E-state index in [9.17, 15) is 4.79 Å². The minimum atomic E-state index is -0.0281. The number of nitrogens with zero attached hydrogens (tertiary/aromatic N) is 2. The smallest absolute Gasteiger partial charge is 0.279 e. The monoisotopic (exact) mass is 361 g/mol. The first kappa shape index (κ1) is 19.8. The first-order valence-electron chi connectivity index (χ1n) is 8.76. The maximum absolute atomic E-state index is 12.4. The Balaban J connectivity index is 1.97. The normalized spacial score (nSPS) is 11.9. The molecule has 1 aromatic carbocycles. The quantitative estimate of drug-likeness (QED) is 0.739. The van der Waals surface area contributed by atoms with E-state index >= 15 is 0 Å². The van der Waals surface area contributed by atoms with Crippen molar-refractivity contribution in [2.24, 2.45) is 7.05 Å². The molecule has 0 aliphatic rings. The Labute approximate surface area is 154 Å². The van der Waals surface area contributed by atoms with Gasteiger partial charge in [-0.3, -0.25) is 9.48 Å². The van der Waals surface area contributed by atoms with E-state index in [4.69, 9.17) is 9.47 Å². The first-order valence-corrected chi connectivity index (χ1v) is 8.76. The highest BCUT2D eigenvalue weighted by molar-refractivity contribution is 5.92. The fraction of sp³-hybridized carbons (Fsp3) is 0.474. The molecule has 0 aliphatic carbocycles. The molecule has 1 aromatic heterocycles. The highest BCUT2D eigenvalue weighted by atomic mass is 16.5. The second-order valence-corrected chi connectivity index (χ2v) is 6.45. The number of anilines is 1. The van der Waals surface area contributed by atoms with Crippen LogP contribution in [0.25, 0.3) is 0 Å². The minimum absolute atomic E-state index is 0.0281. The molecule has 2 rings (SSSR count). The zero-order valence-corrected chi connectivity index (χ0v) is 16.5. The van der Waals surface area contributed by atoms with Gasteiger partial charge in [-0.25, -0.2) is 0 Å². The van der Waals surface area contributed by atoms with Crippen molar-refractivity contribution in [1.82, 2.24) is 9.78 Å². The molecule has 0 aliphatic heterocycles. The molecule has 2 N–H and O–H groups in total. The van der Waals surface area contributed by atoms with E-state index in [1.807, 2.05) is 53.1 Å². The van der Waals surface area contributed by atoms with Gasteiger partial charge in [-0.1, -0.05) is 0 Å². The number of hydrogen-bond acceptors (Lipinski definition) is 4. The number of carbonyl (C=O) groups excluding carboxylic acids is 1. The lowest BCUT2D eigenvalue weighted by molar-refractivity contribution is -0.885. The van der Waals surface area contributed by atoms with Gasteiger partial charge in [-0.15, -0.1) is 0 Å². The number of aromatic nitrogens is 2. The zero-order chi connectivity index (χ0) is 19.3. The van der Waals surface area contributed by atoms with E-state index in [0.29, 0.717) is 25.4 Å². The summed E-state index contributed by atoms with van der Waals surface area (Å²) in [7, 11) is 5.49. The summed E-state index contributed by atoms with van der Waals surface area (Å²) in [5, 5.41) is 7.30. The summed E-state index contributed by atoms with van der Waals surface area (Å²) in [6.07, 6.45) is 0. The van der Waals surface area contributed by atoms with Crippen LogP contribution >= 0.6 is 0 Å². The lowest BCUT2D eigenvalue weighted by Crippen LogP contribution is -3.08. The van der Waals surface area contributed by atoms with Crippen LogP contribution in [0.5, 0.6) is 11.5 Å². The number of quaternary nitrogens is 1.